The first kappa shape index (κ1) is 19.2. The first-order valence-electron chi connectivity index (χ1n) is 8.06. The van der Waals surface area contributed by atoms with E-state index in [9.17, 15) is 19.5 Å². The van der Waals surface area contributed by atoms with Gasteiger partial charge in [0.05, 0.1) is 18.4 Å². The molecule has 2 heterocycles. The number of carbonyl (C=O) groups excluding carboxylic acids is 2. The summed E-state index contributed by atoms with van der Waals surface area (Å²) in [5.41, 5.74) is 0.406. The molecule has 0 aliphatic heterocycles. The second-order valence-corrected chi connectivity index (χ2v) is 5.76. The lowest BCUT2D eigenvalue weighted by Crippen LogP contribution is -2.47. The number of furan rings is 1. The number of carboxylic acid groups (broad SMARTS) is 1. The maximum absolute atomic E-state index is 12.6. The van der Waals surface area contributed by atoms with E-state index in [2.05, 4.69) is 10.3 Å². The highest BCUT2D eigenvalue weighted by Crippen LogP contribution is 2.22. The van der Waals surface area contributed by atoms with Crippen LogP contribution in [0.25, 0.3) is 11.7 Å². The van der Waals surface area contributed by atoms with Crippen LogP contribution in [0.5, 0.6) is 0 Å². The number of nitrogens with zero attached hydrogens (tertiary/aromatic N) is 2. The van der Waals surface area contributed by atoms with E-state index in [4.69, 9.17) is 8.83 Å². The number of hydrogen-bond donors (Lipinski definition) is 2. The summed E-state index contributed by atoms with van der Waals surface area (Å²) >= 11 is 0. The van der Waals surface area contributed by atoms with Crippen molar-refractivity contribution in [3.8, 4) is 11.7 Å². The Bertz CT molecular complexity index is 781. The van der Waals surface area contributed by atoms with Gasteiger partial charge in [-0.2, -0.15) is 0 Å². The van der Waals surface area contributed by atoms with Crippen molar-refractivity contribution < 1.29 is 28.3 Å². The van der Waals surface area contributed by atoms with Gasteiger partial charge in [-0.15, -0.1) is 0 Å². The topological polar surface area (TPSA) is 126 Å². The van der Waals surface area contributed by atoms with Crippen molar-refractivity contribution in [2.45, 2.75) is 33.2 Å². The van der Waals surface area contributed by atoms with Crippen molar-refractivity contribution in [1.82, 2.24) is 15.2 Å². The molecule has 0 spiro atoms. The number of rotatable bonds is 8. The van der Waals surface area contributed by atoms with Gasteiger partial charge in [-0.05, 0) is 26.0 Å². The van der Waals surface area contributed by atoms with Crippen LogP contribution in [0.15, 0.2) is 27.2 Å². The van der Waals surface area contributed by atoms with Crippen molar-refractivity contribution in [2.24, 2.45) is 0 Å². The van der Waals surface area contributed by atoms with Gasteiger partial charge >= 0.3 is 5.97 Å². The van der Waals surface area contributed by atoms with Gasteiger partial charge in [-0.1, -0.05) is 0 Å². The summed E-state index contributed by atoms with van der Waals surface area (Å²) in [6.07, 6.45) is 1.37. The van der Waals surface area contributed by atoms with Gasteiger partial charge in [0.15, 0.2) is 5.76 Å². The number of carbonyl (C=O) groups is 3. The van der Waals surface area contributed by atoms with E-state index >= 15 is 0 Å². The number of hydrogen-bond acceptors (Lipinski definition) is 6. The SMILES string of the molecule is CC(=O)NCCN(C(=O)Cc1nc(-c2ccco2)oc1C)C(C)C(=O)O. The Morgan fingerprint density at radius 2 is 2.12 bits per heavy atom. The molecule has 140 valence electrons. The van der Waals surface area contributed by atoms with Gasteiger partial charge in [-0.25, -0.2) is 9.78 Å². The molecule has 2 aromatic rings. The summed E-state index contributed by atoms with van der Waals surface area (Å²) in [6, 6.07) is 2.34. The largest absolute Gasteiger partial charge is 0.480 e. The fourth-order valence-corrected chi connectivity index (χ4v) is 2.36. The molecule has 0 aliphatic rings. The highest BCUT2D eigenvalue weighted by molar-refractivity contribution is 5.84. The van der Waals surface area contributed by atoms with E-state index in [1.54, 1.807) is 19.1 Å². The predicted octanol–water partition coefficient (Wildman–Crippen LogP) is 1.22. The molecule has 2 aromatic heterocycles. The minimum absolute atomic E-state index is 0.0772. The fraction of sp³-hybridized carbons (Fsp3) is 0.412. The standard InChI is InChI=1S/C17H21N3O6/c1-10(17(23)24)20(7-6-18-12(3)21)15(22)9-13-11(2)26-16(19-13)14-5-4-8-25-14/h4-5,8,10H,6-7,9H2,1-3H3,(H,18,21)(H,23,24). The van der Waals surface area contributed by atoms with Gasteiger partial charge in [-0.3, -0.25) is 9.59 Å². The van der Waals surface area contributed by atoms with Crippen LogP contribution < -0.4 is 5.32 Å². The maximum Gasteiger partial charge on any atom is 0.326 e. The molecule has 9 heteroatoms. The van der Waals surface area contributed by atoms with Crippen LogP contribution in [-0.2, 0) is 20.8 Å². The molecule has 2 rings (SSSR count). The summed E-state index contributed by atoms with van der Waals surface area (Å²) in [6.45, 7) is 4.67. The van der Waals surface area contributed by atoms with Gasteiger partial charge < -0.3 is 24.2 Å². The average molecular weight is 363 g/mol. The van der Waals surface area contributed by atoms with Gasteiger partial charge in [0.2, 0.25) is 11.8 Å². The first-order chi connectivity index (χ1) is 12.3. The van der Waals surface area contributed by atoms with Crippen molar-refractivity contribution in [3.05, 3.63) is 29.9 Å². The molecule has 0 aromatic carbocycles. The van der Waals surface area contributed by atoms with Crippen molar-refractivity contribution >= 4 is 17.8 Å². The number of carboxylic acids is 1. The van der Waals surface area contributed by atoms with E-state index in [0.29, 0.717) is 17.2 Å². The van der Waals surface area contributed by atoms with Crippen LogP contribution in [0.4, 0.5) is 0 Å². The van der Waals surface area contributed by atoms with Crippen molar-refractivity contribution in [3.63, 3.8) is 0 Å². The minimum Gasteiger partial charge on any atom is -0.480 e. The number of aromatic nitrogens is 1. The molecule has 0 aliphatic carbocycles. The molecule has 2 amide bonds. The van der Waals surface area contributed by atoms with Crippen LogP contribution in [0.3, 0.4) is 0 Å². The van der Waals surface area contributed by atoms with Gasteiger partial charge in [0.25, 0.3) is 5.89 Å². The summed E-state index contributed by atoms with van der Waals surface area (Å²) in [7, 11) is 0. The Morgan fingerprint density at radius 3 is 2.69 bits per heavy atom. The van der Waals surface area contributed by atoms with E-state index in [1.807, 2.05) is 0 Å². The minimum atomic E-state index is -1.13. The van der Waals surface area contributed by atoms with Gasteiger partial charge in [0, 0.05) is 20.0 Å². The molecule has 1 atom stereocenters. The van der Waals surface area contributed by atoms with Crippen LogP contribution >= 0.6 is 0 Å². The van der Waals surface area contributed by atoms with E-state index < -0.39 is 17.9 Å². The lowest BCUT2D eigenvalue weighted by molar-refractivity contribution is -0.149. The van der Waals surface area contributed by atoms with Crippen LogP contribution in [0.1, 0.15) is 25.3 Å². The van der Waals surface area contributed by atoms with E-state index in [-0.39, 0.29) is 31.3 Å². The molecule has 0 radical (unpaired) electrons. The Kier molecular flexibility index (Phi) is 6.16. The fourth-order valence-electron chi connectivity index (χ4n) is 2.36. The zero-order valence-electron chi connectivity index (χ0n) is 14.8. The third-order valence-electron chi connectivity index (χ3n) is 3.82. The summed E-state index contributed by atoms with van der Waals surface area (Å²) in [5.74, 6) is -0.660. The van der Waals surface area contributed by atoms with E-state index in [1.165, 1.54) is 25.0 Å². The highest BCUT2D eigenvalue weighted by atomic mass is 16.4. The Morgan fingerprint density at radius 1 is 1.38 bits per heavy atom. The smallest absolute Gasteiger partial charge is 0.326 e. The highest BCUT2D eigenvalue weighted by Gasteiger charge is 2.27. The molecule has 9 nitrogen and oxygen atoms in total. The van der Waals surface area contributed by atoms with Crippen molar-refractivity contribution in [2.75, 3.05) is 13.1 Å². The predicted molar refractivity (Wildman–Crippen MR) is 90.1 cm³/mol. The summed E-state index contributed by atoms with van der Waals surface area (Å²) in [5, 5.41) is 11.8. The monoisotopic (exact) mass is 363 g/mol. The number of aliphatic carboxylic acids is 1. The van der Waals surface area contributed by atoms with Crippen LogP contribution in [0.2, 0.25) is 0 Å². The van der Waals surface area contributed by atoms with Gasteiger partial charge in [0.1, 0.15) is 11.8 Å². The van der Waals surface area contributed by atoms with E-state index in [0.717, 1.165) is 0 Å². The Balaban J connectivity index is 2.12. The number of amides is 2. The second-order valence-electron chi connectivity index (χ2n) is 5.76. The zero-order chi connectivity index (χ0) is 19.3. The molecule has 26 heavy (non-hydrogen) atoms. The third kappa shape index (κ3) is 4.71. The molecular weight excluding hydrogens is 342 g/mol. The zero-order valence-corrected chi connectivity index (χ0v) is 14.8. The lowest BCUT2D eigenvalue weighted by Gasteiger charge is -2.26. The molecule has 2 N–H and O–H groups in total. The molecule has 0 fully saturated rings. The number of nitrogens with one attached hydrogen (secondary N) is 1. The second kappa shape index (κ2) is 8.32. The van der Waals surface area contributed by atoms with Crippen molar-refractivity contribution in [1.29, 1.82) is 0 Å². The summed E-state index contributed by atoms with van der Waals surface area (Å²) < 4.78 is 10.7. The normalized spacial score (nSPS) is 11.8. The molecular formula is C17H21N3O6. The first-order valence-corrected chi connectivity index (χ1v) is 8.06. The number of oxazole rings is 1. The van der Waals surface area contributed by atoms with Crippen LogP contribution in [-0.4, -0.2) is 51.9 Å². The third-order valence-corrected chi connectivity index (χ3v) is 3.82. The van der Waals surface area contributed by atoms with Crippen LogP contribution in [0, 0.1) is 6.92 Å². The number of aryl methyl sites for hydroxylation is 1. The summed E-state index contributed by atoms with van der Waals surface area (Å²) in [4.78, 5) is 40.4. The Labute approximate surface area is 150 Å². The maximum atomic E-state index is 12.6. The lowest BCUT2D eigenvalue weighted by atomic mass is 10.2. The molecule has 0 saturated carbocycles. The average Bonchev–Trinajstić information content (AvgIpc) is 3.21. The Hall–Kier alpha value is -3.10. The molecule has 1 unspecified atom stereocenters. The molecule has 0 saturated heterocycles. The molecule has 0 bridgehead atoms. The quantitative estimate of drug-likeness (QED) is 0.722.